The van der Waals surface area contributed by atoms with Crippen LogP contribution in [0.25, 0.3) is 0 Å². The van der Waals surface area contributed by atoms with Gasteiger partial charge in [-0.3, -0.25) is 9.59 Å². The fourth-order valence-electron chi connectivity index (χ4n) is 2.06. The van der Waals surface area contributed by atoms with E-state index in [9.17, 15) is 14.7 Å². The van der Waals surface area contributed by atoms with Gasteiger partial charge in [0, 0.05) is 6.42 Å². The van der Waals surface area contributed by atoms with Crippen molar-refractivity contribution in [2.24, 2.45) is 0 Å². The third-order valence-corrected chi connectivity index (χ3v) is 3.02. The molecular formula is C15H30NO5+. The summed E-state index contributed by atoms with van der Waals surface area (Å²) >= 11 is 0. The third-order valence-electron chi connectivity index (χ3n) is 3.02. The molecule has 0 saturated carbocycles. The van der Waals surface area contributed by atoms with Crippen LogP contribution in [0.4, 0.5) is 0 Å². The first kappa shape index (κ1) is 19.9. The predicted molar refractivity (Wildman–Crippen MR) is 79.8 cm³/mol. The second-order valence-electron chi connectivity index (χ2n) is 6.52. The zero-order chi connectivity index (χ0) is 16.5. The Bertz CT molecular complexity index is 325. The summed E-state index contributed by atoms with van der Waals surface area (Å²) in [4.78, 5) is 22.6. The van der Waals surface area contributed by atoms with Gasteiger partial charge in [-0.1, -0.05) is 19.8 Å². The summed E-state index contributed by atoms with van der Waals surface area (Å²) in [6.07, 6.45) is 1.78. The van der Waals surface area contributed by atoms with Gasteiger partial charge in [0.1, 0.15) is 6.54 Å². The summed E-state index contributed by atoms with van der Waals surface area (Å²) in [6.45, 7) is 2.48. The van der Waals surface area contributed by atoms with E-state index in [1.54, 1.807) is 0 Å². The molecule has 0 fully saturated rings. The molecule has 2 N–H and O–H groups in total. The average molecular weight is 304 g/mol. The van der Waals surface area contributed by atoms with E-state index in [4.69, 9.17) is 9.84 Å². The number of nitrogens with zero attached hydrogens (tertiary/aromatic N) is 1. The van der Waals surface area contributed by atoms with E-state index in [0.717, 1.165) is 12.8 Å². The number of ether oxygens (including phenoxy) is 1. The van der Waals surface area contributed by atoms with Crippen LogP contribution in [0.3, 0.4) is 0 Å². The van der Waals surface area contributed by atoms with Crippen LogP contribution in [0, 0.1) is 0 Å². The van der Waals surface area contributed by atoms with Gasteiger partial charge in [-0.2, -0.15) is 0 Å². The highest BCUT2D eigenvalue weighted by Crippen LogP contribution is 2.10. The first-order chi connectivity index (χ1) is 9.64. The van der Waals surface area contributed by atoms with Crippen molar-refractivity contribution in [3.8, 4) is 0 Å². The number of aliphatic hydroxyl groups is 1. The summed E-state index contributed by atoms with van der Waals surface area (Å²) in [5, 5.41) is 18.6. The molecular weight excluding hydrogens is 274 g/mol. The first-order valence-electron chi connectivity index (χ1n) is 7.53. The zero-order valence-electron chi connectivity index (χ0n) is 13.7. The van der Waals surface area contributed by atoms with Crippen molar-refractivity contribution in [2.75, 3.05) is 27.7 Å². The van der Waals surface area contributed by atoms with Crippen molar-refractivity contribution in [3.63, 3.8) is 0 Å². The van der Waals surface area contributed by atoms with Gasteiger partial charge in [0.15, 0.2) is 6.10 Å². The van der Waals surface area contributed by atoms with Crippen LogP contribution in [0.15, 0.2) is 0 Å². The molecule has 124 valence electrons. The summed E-state index contributed by atoms with van der Waals surface area (Å²) in [7, 11) is 5.74. The van der Waals surface area contributed by atoms with Crippen molar-refractivity contribution in [3.05, 3.63) is 0 Å². The number of carbonyl (C=O) groups excluding carboxylic acids is 1. The monoisotopic (exact) mass is 304 g/mol. The van der Waals surface area contributed by atoms with Crippen LogP contribution in [-0.4, -0.2) is 66.5 Å². The minimum absolute atomic E-state index is 0.123. The summed E-state index contributed by atoms with van der Waals surface area (Å²) in [5.74, 6) is -1.42. The average Bonchev–Trinajstić information content (AvgIpc) is 2.30. The maximum absolute atomic E-state index is 11.8. The Balaban J connectivity index is 4.23. The Labute approximate surface area is 127 Å². The van der Waals surface area contributed by atoms with E-state index in [0.29, 0.717) is 23.9 Å². The number of likely N-dealkylation sites (N-methyl/N-ethyl adjacent to an activating group) is 1. The molecule has 0 spiro atoms. The van der Waals surface area contributed by atoms with Crippen molar-refractivity contribution >= 4 is 11.9 Å². The van der Waals surface area contributed by atoms with Gasteiger partial charge >= 0.3 is 11.9 Å². The second-order valence-corrected chi connectivity index (χ2v) is 6.52. The van der Waals surface area contributed by atoms with Gasteiger partial charge in [-0.05, 0) is 12.8 Å². The van der Waals surface area contributed by atoms with E-state index in [1.165, 1.54) is 0 Å². The molecule has 0 rings (SSSR count). The van der Waals surface area contributed by atoms with Crippen LogP contribution in [0.1, 0.15) is 45.4 Å². The molecule has 0 bridgehead atoms. The van der Waals surface area contributed by atoms with E-state index < -0.39 is 24.1 Å². The summed E-state index contributed by atoms with van der Waals surface area (Å²) in [6, 6.07) is 0. The second kappa shape index (κ2) is 9.73. The number of carbonyl (C=O) groups is 2. The SMILES string of the molecule is CCCCC(O)CCC(=O)OC(CC(=O)O)C[N+](C)(C)C. The van der Waals surface area contributed by atoms with Crippen LogP contribution in [0.2, 0.25) is 0 Å². The van der Waals surface area contributed by atoms with Crippen LogP contribution in [-0.2, 0) is 14.3 Å². The van der Waals surface area contributed by atoms with Crippen LogP contribution >= 0.6 is 0 Å². The molecule has 2 atom stereocenters. The van der Waals surface area contributed by atoms with Crippen molar-refractivity contribution in [1.29, 1.82) is 0 Å². The first-order valence-corrected chi connectivity index (χ1v) is 7.53. The lowest BCUT2D eigenvalue weighted by Crippen LogP contribution is -2.43. The number of aliphatic carboxylic acids is 1. The number of esters is 1. The molecule has 0 aromatic rings. The normalized spacial score (nSPS) is 14.5. The smallest absolute Gasteiger partial charge is 0.307 e. The largest absolute Gasteiger partial charge is 0.481 e. The Morgan fingerprint density at radius 1 is 1.19 bits per heavy atom. The van der Waals surface area contributed by atoms with Gasteiger partial charge in [0.25, 0.3) is 0 Å². The van der Waals surface area contributed by atoms with E-state index in [-0.39, 0.29) is 12.8 Å². The number of carboxylic acids is 1. The number of unbranched alkanes of at least 4 members (excludes halogenated alkanes) is 1. The highest BCUT2D eigenvalue weighted by molar-refractivity contribution is 5.71. The van der Waals surface area contributed by atoms with E-state index in [1.807, 2.05) is 28.1 Å². The fourth-order valence-corrected chi connectivity index (χ4v) is 2.06. The van der Waals surface area contributed by atoms with Crippen molar-refractivity contribution in [2.45, 2.75) is 57.7 Å². The number of hydrogen-bond donors (Lipinski definition) is 2. The Hall–Kier alpha value is -1.14. The molecule has 0 heterocycles. The Morgan fingerprint density at radius 3 is 2.29 bits per heavy atom. The lowest BCUT2D eigenvalue weighted by molar-refractivity contribution is -0.873. The number of aliphatic hydroxyl groups excluding tert-OH is 1. The summed E-state index contributed by atoms with van der Waals surface area (Å²) < 4.78 is 5.76. The van der Waals surface area contributed by atoms with Crippen LogP contribution < -0.4 is 0 Å². The molecule has 6 nitrogen and oxygen atoms in total. The van der Waals surface area contributed by atoms with Crippen LogP contribution in [0.5, 0.6) is 0 Å². The highest BCUT2D eigenvalue weighted by Gasteiger charge is 2.24. The van der Waals surface area contributed by atoms with Gasteiger partial charge < -0.3 is 19.4 Å². The lowest BCUT2D eigenvalue weighted by atomic mass is 10.1. The highest BCUT2D eigenvalue weighted by atomic mass is 16.5. The third kappa shape index (κ3) is 12.3. The molecule has 2 unspecified atom stereocenters. The van der Waals surface area contributed by atoms with E-state index in [2.05, 4.69) is 0 Å². The molecule has 0 aliphatic rings. The van der Waals surface area contributed by atoms with Crippen molar-refractivity contribution < 1.29 is 29.0 Å². The molecule has 0 amide bonds. The molecule has 0 aliphatic heterocycles. The standard InChI is InChI=1S/C15H29NO5/c1-5-6-7-12(17)8-9-15(20)21-13(10-14(18)19)11-16(2,3)4/h12-13,17H,5-11H2,1-4H3/p+1. The zero-order valence-corrected chi connectivity index (χ0v) is 13.7. The lowest BCUT2D eigenvalue weighted by Gasteiger charge is -2.28. The Morgan fingerprint density at radius 2 is 1.81 bits per heavy atom. The van der Waals surface area contributed by atoms with Gasteiger partial charge in [-0.15, -0.1) is 0 Å². The number of hydrogen-bond acceptors (Lipinski definition) is 4. The molecule has 0 radical (unpaired) electrons. The molecule has 0 aliphatic carbocycles. The maximum Gasteiger partial charge on any atom is 0.307 e. The minimum Gasteiger partial charge on any atom is -0.481 e. The fraction of sp³-hybridized carbons (Fsp3) is 0.867. The molecule has 0 saturated heterocycles. The summed E-state index contributed by atoms with van der Waals surface area (Å²) in [5.41, 5.74) is 0. The molecule has 0 aromatic carbocycles. The molecule has 0 aromatic heterocycles. The topological polar surface area (TPSA) is 83.8 Å². The maximum atomic E-state index is 11.8. The minimum atomic E-state index is -0.982. The quantitative estimate of drug-likeness (QED) is 0.445. The van der Waals surface area contributed by atoms with Gasteiger partial charge in [0.2, 0.25) is 0 Å². The predicted octanol–water partition coefficient (Wildman–Crippen LogP) is 1.41. The van der Waals surface area contributed by atoms with Gasteiger partial charge in [-0.25, -0.2) is 0 Å². The molecule has 21 heavy (non-hydrogen) atoms. The number of rotatable bonds is 11. The van der Waals surface area contributed by atoms with E-state index >= 15 is 0 Å². The van der Waals surface area contributed by atoms with Crippen molar-refractivity contribution in [1.82, 2.24) is 0 Å². The Kier molecular flexibility index (Phi) is 9.21. The number of quaternary nitrogens is 1. The molecule has 6 heteroatoms. The van der Waals surface area contributed by atoms with Gasteiger partial charge in [0.05, 0.1) is 33.7 Å². The number of carboxylic acid groups (broad SMARTS) is 1.